The lowest BCUT2D eigenvalue weighted by Crippen LogP contribution is -2.20. The van der Waals surface area contributed by atoms with Crippen LogP contribution in [0.2, 0.25) is 0 Å². The molecule has 13 heavy (non-hydrogen) atoms. The van der Waals surface area contributed by atoms with Gasteiger partial charge in [0.1, 0.15) is 0 Å². The molecule has 0 aromatic heterocycles. The van der Waals surface area contributed by atoms with Crippen molar-refractivity contribution in [2.45, 2.75) is 44.6 Å². The van der Waals surface area contributed by atoms with E-state index in [1.54, 1.807) is 12.7 Å². The second-order valence-electron chi connectivity index (χ2n) is 3.83. The van der Waals surface area contributed by atoms with E-state index in [0.717, 1.165) is 6.61 Å². The SMILES string of the molecule is COCCCCC1=CC(N)CCC1. The molecule has 0 aromatic rings. The minimum absolute atomic E-state index is 0.325. The lowest BCUT2D eigenvalue weighted by Gasteiger charge is -2.17. The van der Waals surface area contributed by atoms with Gasteiger partial charge < -0.3 is 10.5 Å². The first kappa shape index (κ1) is 10.7. The maximum absolute atomic E-state index is 5.85. The molecule has 1 atom stereocenters. The molecule has 0 aliphatic heterocycles. The Labute approximate surface area is 81.1 Å². The summed E-state index contributed by atoms with van der Waals surface area (Å²) in [6, 6.07) is 0.325. The van der Waals surface area contributed by atoms with E-state index in [4.69, 9.17) is 10.5 Å². The minimum Gasteiger partial charge on any atom is -0.385 e. The zero-order valence-corrected chi connectivity index (χ0v) is 8.59. The zero-order chi connectivity index (χ0) is 9.52. The van der Waals surface area contributed by atoms with Gasteiger partial charge in [-0.25, -0.2) is 0 Å². The zero-order valence-electron chi connectivity index (χ0n) is 8.59. The quantitative estimate of drug-likeness (QED) is 0.524. The van der Waals surface area contributed by atoms with Crippen LogP contribution in [0.5, 0.6) is 0 Å². The lowest BCUT2D eigenvalue weighted by atomic mass is 9.93. The van der Waals surface area contributed by atoms with Crippen molar-refractivity contribution in [3.63, 3.8) is 0 Å². The fourth-order valence-electron chi connectivity index (χ4n) is 1.84. The Morgan fingerprint density at radius 1 is 1.54 bits per heavy atom. The van der Waals surface area contributed by atoms with Gasteiger partial charge in [0.2, 0.25) is 0 Å². The molecule has 0 aromatic carbocycles. The van der Waals surface area contributed by atoms with Gasteiger partial charge in [-0.3, -0.25) is 0 Å². The molecular weight excluding hydrogens is 162 g/mol. The van der Waals surface area contributed by atoms with Gasteiger partial charge in [-0.1, -0.05) is 11.6 Å². The van der Waals surface area contributed by atoms with E-state index in [0.29, 0.717) is 6.04 Å². The topological polar surface area (TPSA) is 35.2 Å². The summed E-state index contributed by atoms with van der Waals surface area (Å²) in [7, 11) is 1.76. The molecule has 0 bridgehead atoms. The average Bonchev–Trinajstić information content (AvgIpc) is 2.13. The van der Waals surface area contributed by atoms with Crippen LogP contribution in [0, 0.1) is 0 Å². The molecule has 0 radical (unpaired) electrons. The third-order valence-corrected chi connectivity index (χ3v) is 2.58. The Morgan fingerprint density at radius 3 is 3.08 bits per heavy atom. The Morgan fingerprint density at radius 2 is 2.38 bits per heavy atom. The monoisotopic (exact) mass is 183 g/mol. The van der Waals surface area contributed by atoms with E-state index in [2.05, 4.69) is 6.08 Å². The average molecular weight is 183 g/mol. The van der Waals surface area contributed by atoms with E-state index in [-0.39, 0.29) is 0 Å². The summed E-state index contributed by atoms with van der Waals surface area (Å²) in [6.45, 7) is 0.888. The normalized spacial score (nSPS) is 22.9. The van der Waals surface area contributed by atoms with Gasteiger partial charge in [-0.05, 0) is 38.5 Å². The number of nitrogens with two attached hydrogens (primary N) is 1. The molecule has 0 saturated heterocycles. The maximum atomic E-state index is 5.85. The lowest BCUT2D eigenvalue weighted by molar-refractivity contribution is 0.193. The summed E-state index contributed by atoms with van der Waals surface area (Å²) in [4.78, 5) is 0. The van der Waals surface area contributed by atoms with Gasteiger partial charge in [0.15, 0.2) is 0 Å². The standard InChI is InChI=1S/C11H21NO/c1-13-8-3-2-5-10-6-4-7-11(12)9-10/h9,11H,2-8,12H2,1H3. The Kier molecular flexibility index (Phi) is 5.09. The van der Waals surface area contributed by atoms with E-state index in [1.165, 1.54) is 38.5 Å². The van der Waals surface area contributed by atoms with Crippen LogP contribution < -0.4 is 5.73 Å². The highest BCUT2D eigenvalue weighted by Crippen LogP contribution is 2.21. The molecule has 2 nitrogen and oxygen atoms in total. The summed E-state index contributed by atoms with van der Waals surface area (Å²) in [5, 5.41) is 0. The van der Waals surface area contributed by atoms with Crippen molar-refractivity contribution in [2.24, 2.45) is 5.73 Å². The van der Waals surface area contributed by atoms with Gasteiger partial charge in [0.05, 0.1) is 0 Å². The van der Waals surface area contributed by atoms with E-state index >= 15 is 0 Å². The summed E-state index contributed by atoms with van der Waals surface area (Å²) >= 11 is 0. The molecule has 0 amide bonds. The van der Waals surface area contributed by atoms with Crippen LogP contribution in [-0.2, 0) is 4.74 Å². The largest absolute Gasteiger partial charge is 0.385 e. The van der Waals surface area contributed by atoms with Crippen LogP contribution in [0.25, 0.3) is 0 Å². The van der Waals surface area contributed by atoms with Crippen LogP contribution >= 0.6 is 0 Å². The first-order valence-corrected chi connectivity index (χ1v) is 5.27. The smallest absolute Gasteiger partial charge is 0.0462 e. The molecule has 0 heterocycles. The molecule has 0 saturated carbocycles. The van der Waals surface area contributed by atoms with E-state index in [1.807, 2.05) is 0 Å². The second kappa shape index (κ2) is 6.17. The first-order chi connectivity index (χ1) is 6.33. The van der Waals surface area contributed by atoms with Gasteiger partial charge in [0.25, 0.3) is 0 Å². The highest BCUT2D eigenvalue weighted by molar-refractivity contribution is 5.09. The molecule has 1 unspecified atom stereocenters. The van der Waals surface area contributed by atoms with E-state index in [9.17, 15) is 0 Å². The maximum Gasteiger partial charge on any atom is 0.0462 e. The van der Waals surface area contributed by atoms with Crippen molar-refractivity contribution in [3.05, 3.63) is 11.6 Å². The number of ether oxygens (including phenoxy) is 1. The van der Waals surface area contributed by atoms with Crippen molar-refractivity contribution >= 4 is 0 Å². The number of hydrogen-bond acceptors (Lipinski definition) is 2. The van der Waals surface area contributed by atoms with Crippen LogP contribution in [0.4, 0.5) is 0 Å². The number of methoxy groups -OCH3 is 1. The van der Waals surface area contributed by atoms with Crippen LogP contribution in [0.15, 0.2) is 11.6 Å². The summed E-state index contributed by atoms with van der Waals surface area (Å²) in [5.74, 6) is 0. The minimum atomic E-state index is 0.325. The van der Waals surface area contributed by atoms with Crippen molar-refractivity contribution < 1.29 is 4.74 Å². The van der Waals surface area contributed by atoms with Crippen molar-refractivity contribution in [1.82, 2.24) is 0 Å². The van der Waals surface area contributed by atoms with Crippen LogP contribution in [0.1, 0.15) is 38.5 Å². The number of unbranched alkanes of at least 4 members (excludes halogenated alkanes) is 1. The molecule has 76 valence electrons. The Balaban J connectivity index is 2.13. The molecular formula is C11H21NO. The number of hydrogen-bond donors (Lipinski definition) is 1. The van der Waals surface area contributed by atoms with Gasteiger partial charge in [0, 0.05) is 19.8 Å². The second-order valence-corrected chi connectivity index (χ2v) is 3.83. The van der Waals surface area contributed by atoms with Crippen molar-refractivity contribution in [1.29, 1.82) is 0 Å². The van der Waals surface area contributed by atoms with Gasteiger partial charge in [-0.2, -0.15) is 0 Å². The number of allylic oxidation sites excluding steroid dienone is 1. The third-order valence-electron chi connectivity index (χ3n) is 2.58. The van der Waals surface area contributed by atoms with Gasteiger partial charge >= 0.3 is 0 Å². The molecule has 0 fully saturated rings. The molecule has 1 rings (SSSR count). The first-order valence-electron chi connectivity index (χ1n) is 5.27. The summed E-state index contributed by atoms with van der Waals surface area (Å²) in [6.07, 6.45) is 9.60. The fourth-order valence-corrected chi connectivity index (χ4v) is 1.84. The van der Waals surface area contributed by atoms with E-state index < -0.39 is 0 Å². The molecule has 2 heteroatoms. The molecule has 1 aliphatic carbocycles. The van der Waals surface area contributed by atoms with Crippen LogP contribution in [-0.4, -0.2) is 19.8 Å². The molecule has 2 N–H and O–H groups in total. The third kappa shape index (κ3) is 4.44. The Bertz CT molecular complexity index is 165. The summed E-state index contributed by atoms with van der Waals surface area (Å²) in [5.41, 5.74) is 7.42. The molecule has 1 aliphatic rings. The number of rotatable bonds is 5. The predicted molar refractivity (Wildman–Crippen MR) is 55.6 cm³/mol. The predicted octanol–water partition coefficient (Wildman–Crippen LogP) is 2.24. The molecule has 0 spiro atoms. The Hall–Kier alpha value is -0.340. The van der Waals surface area contributed by atoms with Crippen molar-refractivity contribution in [2.75, 3.05) is 13.7 Å². The highest BCUT2D eigenvalue weighted by Gasteiger charge is 2.08. The fraction of sp³-hybridized carbons (Fsp3) is 0.818. The van der Waals surface area contributed by atoms with Gasteiger partial charge in [-0.15, -0.1) is 0 Å². The summed E-state index contributed by atoms with van der Waals surface area (Å²) < 4.78 is 5.01. The highest BCUT2D eigenvalue weighted by atomic mass is 16.5. The van der Waals surface area contributed by atoms with Crippen molar-refractivity contribution in [3.8, 4) is 0 Å². The van der Waals surface area contributed by atoms with Crippen LogP contribution in [0.3, 0.4) is 0 Å².